The number of nitrogens with zero attached hydrogens (tertiary/aromatic N) is 2. The number of ether oxygens (including phenoxy) is 1. The highest BCUT2D eigenvalue weighted by atomic mass is 16.6. The Morgan fingerprint density at radius 1 is 1.14 bits per heavy atom. The number of hydrogen-bond donors (Lipinski definition) is 0. The standard InChI is InChI=1S/C17H22N2O3/c20-16(13-19-10-11-22-17(19)21)18-8-6-15(7-9-18)12-14-4-2-1-3-5-14/h1-5,15H,6-13H2. The lowest BCUT2D eigenvalue weighted by atomic mass is 9.90. The molecule has 0 aliphatic carbocycles. The van der Waals surface area contributed by atoms with Crippen LogP contribution in [0.5, 0.6) is 0 Å². The van der Waals surface area contributed by atoms with E-state index in [1.54, 1.807) is 0 Å². The summed E-state index contributed by atoms with van der Waals surface area (Å²) in [6.45, 7) is 2.65. The van der Waals surface area contributed by atoms with E-state index in [1.165, 1.54) is 10.5 Å². The summed E-state index contributed by atoms with van der Waals surface area (Å²) in [4.78, 5) is 27.0. The van der Waals surface area contributed by atoms with Crippen molar-refractivity contribution in [2.24, 2.45) is 5.92 Å². The van der Waals surface area contributed by atoms with Crippen molar-refractivity contribution < 1.29 is 14.3 Å². The first kappa shape index (κ1) is 14.9. The molecule has 0 N–H and O–H groups in total. The summed E-state index contributed by atoms with van der Waals surface area (Å²) in [6.07, 6.45) is 2.78. The summed E-state index contributed by atoms with van der Waals surface area (Å²) in [5, 5.41) is 0. The van der Waals surface area contributed by atoms with Crippen molar-refractivity contribution in [3.63, 3.8) is 0 Å². The summed E-state index contributed by atoms with van der Waals surface area (Å²) in [7, 11) is 0. The van der Waals surface area contributed by atoms with Crippen LogP contribution in [0, 0.1) is 5.92 Å². The van der Waals surface area contributed by atoms with Crippen LogP contribution in [-0.2, 0) is 16.0 Å². The Bertz CT molecular complexity index is 524. The Hall–Kier alpha value is -2.04. The Morgan fingerprint density at radius 3 is 2.50 bits per heavy atom. The lowest BCUT2D eigenvalue weighted by Crippen LogP contribution is -2.44. The zero-order valence-corrected chi connectivity index (χ0v) is 12.7. The van der Waals surface area contributed by atoms with Gasteiger partial charge in [0.05, 0.1) is 6.54 Å². The molecule has 0 aromatic heterocycles. The van der Waals surface area contributed by atoms with Crippen molar-refractivity contribution in [3.8, 4) is 0 Å². The van der Waals surface area contributed by atoms with Gasteiger partial charge in [-0.2, -0.15) is 0 Å². The van der Waals surface area contributed by atoms with Crippen LogP contribution < -0.4 is 0 Å². The molecule has 5 heteroatoms. The molecule has 2 aliphatic heterocycles. The van der Waals surface area contributed by atoms with Gasteiger partial charge in [-0.05, 0) is 30.7 Å². The van der Waals surface area contributed by atoms with Gasteiger partial charge in [-0.15, -0.1) is 0 Å². The van der Waals surface area contributed by atoms with E-state index in [2.05, 4.69) is 24.3 Å². The Balaban J connectivity index is 1.45. The number of cyclic esters (lactones) is 1. The molecule has 118 valence electrons. The van der Waals surface area contributed by atoms with Gasteiger partial charge in [0.2, 0.25) is 5.91 Å². The van der Waals surface area contributed by atoms with Gasteiger partial charge in [0.25, 0.3) is 0 Å². The third-order valence-corrected chi connectivity index (χ3v) is 4.51. The van der Waals surface area contributed by atoms with E-state index in [0.29, 0.717) is 19.1 Å². The topological polar surface area (TPSA) is 49.9 Å². The van der Waals surface area contributed by atoms with Crippen LogP contribution in [0.2, 0.25) is 0 Å². The van der Waals surface area contributed by atoms with Crippen LogP contribution in [0.15, 0.2) is 30.3 Å². The Labute approximate surface area is 130 Å². The summed E-state index contributed by atoms with van der Waals surface area (Å²) in [5.74, 6) is 0.681. The highest BCUT2D eigenvalue weighted by Gasteiger charge is 2.28. The molecular weight excluding hydrogens is 280 g/mol. The lowest BCUT2D eigenvalue weighted by molar-refractivity contribution is -0.133. The molecule has 0 bridgehead atoms. The van der Waals surface area contributed by atoms with Gasteiger partial charge in [0.15, 0.2) is 0 Å². The van der Waals surface area contributed by atoms with Gasteiger partial charge in [0.1, 0.15) is 13.2 Å². The third kappa shape index (κ3) is 3.59. The zero-order valence-electron chi connectivity index (χ0n) is 12.7. The monoisotopic (exact) mass is 302 g/mol. The second kappa shape index (κ2) is 6.81. The molecule has 2 saturated heterocycles. The summed E-state index contributed by atoms with van der Waals surface area (Å²) in [6, 6.07) is 10.5. The smallest absolute Gasteiger partial charge is 0.410 e. The predicted octanol–water partition coefficient (Wildman–Crippen LogP) is 1.92. The average Bonchev–Trinajstić information content (AvgIpc) is 2.94. The molecule has 2 fully saturated rings. The molecule has 0 atom stereocenters. The van der Waals surface area contributed by atoms with Crippen LogP contribution in [0.1, 0.15) is 18.4 Å². The zero-order chi connectivity index (χ0) is 15.4. The fraction of sp³-hybridized carbons (Fsp3) is 0.529. The summed E-state index contributed by atoms with van der Waals surface area (Å²) >= 11 is 0. The third-order valence-electron chi connectivity index (χ3n) is 4.51. The normalized spacial score (nSPS) is 19.4. The van der Waals surface area contributed by atoms with E-state index in [0.717, 1.165) is 32.4 Å². The number of hydrogen-bond acceptors (Lipinski definition) is 3. The van der Waals surface area contributed by atoms with Crippen molar-refractivity contribution in [3.05, 3.63) is 35.9 Å². The van der Waals surface area contributed by atoms with Crippen molar-refractivity contribution in [2.75, 3.05) is 32.8 Å². The van der Waals surface area contributed by atoms with Gasteiger partial charge < -0.3 is 9.64 Å². The molecule has 1 aromatic rings. The molecule has 22 heavy (non-hydrogen) atoms. The van der Waals surface area contributed by atoms with E-state index in [-0.39, 0.29) is 18.5 Å². The van der Waals surface area contributed by atoms with Crippen LogP contribution >= 0.6 is 0 Å². The van der Waals surface area contributed by atoms with Gasteiger partial charge >= 0.3 is 6.09 Å². The molecule has 0 spiro atoms. The van der Waals surface area contributed by atoms with Crippen LogP contribution in [0.3, 0.4) is 0 Å². The van der Waals surface area contributed by atoms with E-state index >= 15 is 0 Å². The van der Waals surface area contributed by atoms with Gasteiger partial charge in [-0.25, -0.2) is 4.79 Å². The van der Waals surface area contributed by atoms with E-state index < -0.39 is 0 Å². The van der Waals surface area contributed by atoms with Gasteiger partial charge in [-0.1, -0.05) is 30.3 Å². The molecule has 0 saturated carbocycles. The second-order valence-corrected chi connectivity index (χ2v) is 6.05. The fourth-order valence-corrected chi connectivity index (χ4v) is 3.17. The van der Waals surface area contributed by atoms with Crippen LogP contribution in [0.4, 0.5) is 4.79 Å². The first-order valence-corrected chi connectivity index (χ1v) is 7.96. The van der Waals surface area contributed by atoms with Crippen molar-refractivity contribution >= 4 is 12.0 Å². The minimum atomic E-state index is -0.368. The lowest BCUT2D eigenvalue weighted by Gasteiger charge is -2.32. The molecule has 5 nitrogen and oxygen atoms in total. The summed E-state index contributed by atoms with van der Waals surface area (Å²) < 4.78 is 4.85. The quantitative estimate of drug-likeness (QED) is 0.854. The predicted molar refractivity (Wildman–Crippen MR) is 82.4 cm³/mol. The molecule has 1 aromatic carbocycles. The second-order valence-electron chi connectivity index (χ2n) is 6.05. The minimum absolute atomic E-state index is 0.0389. The molecular formula is C17H22N2O3. The first-order valence-electron chi connectivity index (χ1n) is 7.96. The molecule has 3 rings (SSSR count). The molecule has 0 unspecified atom stereocenters. The van der Waals surface area contributed by atoms with Crippen LogP contribution in [-0.4, -0.2) is 54.6 Å². The van der Waals surface area contributed by atoms with E-state index in [4.69, 9.17) is 4.74 Å². The Kier molecular flexibility index (Phi) is 4.61. The summed E-state index contributed by atoms with van der Waals surface area (Å²) in [5.41, 5.74) is 1.37. The number of benzene rings is 1. The first-order chi connectivity index (χ1) is 10.7. The molecule has 0 radical (unpaired) electrons. The SMILES string of the molecule is O=C(CN1CCOC1=O)N1CCC(Cc2ccccc2)CC1. The van der Waals surface area contributed by atoms with Crippen LogP contribution in [0.25, 0.3) is 0 Å². The largest absolute Gasteiger partial charge is 0.448 e. The number of carbonyl (C=O) groups excluding carboxylic acids is 2. The number of carbonyl (C=O) groups is 2. The number of piperidine rings is 1. The Morgan fingerprint density at radius 2 is 1.86 bits per heavy atom. The van der Waals surface area contributed by atoms with Gasteiger partial charge in [-0.3, -0.25) is 9.69 Å². The van der Waals surface area contributed by atoms with Crippen molar-refractivity contribution in [1.82, 2.24) is 9.80 Å². The maximum Gasteiger partial charge on any atom is 0.410 e. The maximum absolute atomic E-state index is 12.2. The minimum Gasteiger partial charge on any atom is -0.448 e. The van der Waals surface area contributed by atoms with Gasteiger partial charge in [0, 0.05) is 13.1 Å². The maximum atomic E-state index is 12.2. The number of likely N-dealkylation sites (tertiary alicyclic amines) is 1. The highest BCUT2D eigenvalue weighted by molar-refractivity contribution is 5.82. The van der Waals surface area contributed by atoms with Crippen molar-refractivity contribution in [1.29, 1.82) is 0 Å². The molecule has 2 aliphatic rings. The average molecular weight is 302 g/mol. The van der Waals surface area contributed by atoms with Crippen molar-refractivity contribution in [2.45, 2.75) is 19.3 Å². The van der Waals surface area contributed by atoms with E-state index in [1.807, 2.05) is 11.0 Å². The highest BCUT2D eigenvalue weighted by Crippen LogP contribution is 2.22. The van der Waals surface area contributed by atoms with E-state index in [9.17, 15) is 9.59 Å². The number of rotatable bonds is 4. The number of amides is 2. The molecule has 2 amide bonds. The fourth-order valence-electron chi connectivity index (χ4n) is 3.17. The molecule has 2 heterocycles.